The van der Waals surface area contributed by atoms with Crippen LogP contribution in [0.5, 0.6) is 0 Å². The molecule has 0 bridgehead atoms. The second kappa shape index (κ2) is 5.00. The van der Waals surface area contributed by atoms with Gasteiger partial charge in [-0.3, -0.25) is 4.90 Å². The standard InChI is InChI=1S/C11H22N2O.ClH/c1-11(2,3)8-13-4-5-14-10-7-12-6-9(10)13;/h9-10,12H,4-8H2,1-3H3;1H/t9-,10+;/m1./s1. The Bertz CT molecular complexity index is 205. The highest BCUT2D eigenvalue weighted by atomic mass is 35.5. The van der Waals surface area contributed by atoms with Crippen LogP contribution in [0.15, 0.2) is 0 Å². The maximum atomic E-state index is 5.74. The first-order valence-corrected chi connectivity index (χ1v) is 5.63. The lowest BCUT2D eigenvalue weighted by molar-refractivity contribution is -0.0561. The zero-order valence-electron chi connectivity index (χ0n) is 9.95. The Morgan fingerprint density at radius 2 is 2.07 bits per heavy atom. The molecular formula is C11H23ClN2O. The highest BCUT2D eigenvalue weighted by Gasteiger charge is 2.37. The molecule has 0 radical (unpaired) electrons. The minimum absolute atomic E-state index is 0. The molecule has 4 heteroatoms. The van der Waals surface area contributed by atoms with Gasteiger partial charge in [-0.1, -0.05) is 20.8 Å². The minimum Gasteiger partial charge on any atom is -0.374 e. The van der Waals surface area contributed by atoms with Crippen molar-refractivity contribution in [2.24, 2.45) is 5.41 Å². The number of hydrogen-bond acceptors (Lipinski definition) is 3. The van der Waals surface area contributed by atoms with Crippen LogP contribution < -0.4 is 5.32 Å². The van der Waals surface area contributed by atoms with Gasteiger partial charge < -0.3 is 10.1 Å². The van der Waals surface area contributed by atoms with Crippen LogP contribution >= 0.6 is 12.4 Å². The lowest BCUT2D eigenvalue weighted by atomic mass is 9.94. The van der Waals surface area contributed by atoms with Crippen molar-refractivity contribution in [2.45, 2.75) is 32.9 Å². The number of fused-ring (bicyclic) bond motifs is 1. The molecule has 0 amide bonds. The average Bonchev–Trinajstić information content (AvgIpc) is 2.49. The molecule has 2 aliphatic rings. The molecule has 0 aromatic rings. The number of nitrogens with zero attached hydrogens (tertiary/aromatic N) is 1. The molecule has 2 atom stereocenters. The van der Waals surface area contributed by atoms with Crippen molar-refractivity contribution < 1.29 is 4.74 Å². The Kier molecular flexibility index (Phi) is 4.41. The van der Waals surface area contributed by atoms with Crippen LogP contribution in [0.2, 0.25) is 0 Å². The van der Waals surface area contributed by atoms with Crippen LogP contribution in [0.25, 0.3) is 0 Å². The van der Waals surface area contributed by atoms with E-state index in [9.17, 15) is 0 Å². The molecule has 2 rings (SSSR count). The number of ether oxygens (including phenoxy) is 1. The van der Waals surface area contributed by atoms with E-state index >= 15 is 0 Å². The molecule has 2 aliphatic heterocycles. The lowest BCUT2D eigenvalue weighted by Crippen LogP contribution is -2.52. The summed E-state index contributed by atoms with van der Waals surface area (Å²) in [5, 5.41) is 3.41. The number of nitrogens with one attached hydrogen (secondary N) is 1. The topological polar surface area (TPSA) is 24.5 Å². The van der Waals surface area contributed by atoms with Crippen molar-refractivity contribution in [1.29, 1.82) is 0 Å². The predicted octanol–water partition coefficient (Wildman–Crippen LogP) is 1.13. The van der Waals surface area contributed by atoms with Gasteiger partial charge in [-0.25, -0.2) is 0 Å². The molecule has 0 aliphatic carbocycles. The van der Waals surface area contributed by atoms with Crippen molar-refractivity contribution in [3.63, 3.8) is 0 Å². The largest absolute Gasteiger partial charge is 0.374 e. The second-order valence-electron chi connectivity index (χ2n) is 5.67. The highest BCUT2D eigenvalue weighted by molar-refractivity contribution is 5.85. The normalized spacial score (nSPS) is 32.2. The van der Waals surface area contributed by atoms with E-state index in [-0.39, 0.29) is 12.4 Å². The molecule has 3 nitrogen and oxygen atoms in total. The quantitative estimate of drug-likeness (QED) is 0.736. The Morgan fingerprint density at radius 3 is 2.73 bits per heavy atom. The van der Waals surface area contributed by atoms with Gasteiger partial charge in [-0.05, 0) is 5.41 Å². The second-order valence-corrected chi connectivity index (χ2v) is 5.67. The SMILES string of the molecule is CC(C)(C)CN1CCO[C@H]2CNC[C@H]21.Cl. The van der Waals surface area contributed by atoms with Crippen molar-refractivity contribution in [2.75, 3.05) is 32.8 Å². The molecule has 0 aromatic heterocycles. The van der Waals surface area contributed by atoms with Crippen molar-refractivity contribution in [1.82, 2.24) is 10.2 Å². The van der Waals surface area contributed by atoms with Gasteiger partial charge in [-0.15, -0.1) is 12.4 Å². The monoisotopic (exact) mass is 234 g/mol. The minimum atomic E-state index is 0. The van der Waals surface area contributed by atoms with Gasteiger partial charge in [0, 0.05) is 32.2 Å². The summed E-state index contributed by atoms with van der Waals surface area (Å²) in [4.78, 5) is 2.59. The number of halogens is 1. The van der Waals surface area contributed by atoms with Gasteiger partial charge in [0.05, 0.1) is 12.7 Å². The zero-order chi connectivity index (χ0) is 10.2. The van der Waals surface area contributed by atoms with E-state index in [2.05, 4.69) is 31.0 Å². The summed E-state index contributed by atoms with van der Waals surface area (Å²) in [5.74, 6) is 0. The molecule has 1 N–H and O–H groups in total. The van der Waals surface area contributed by atoms with Crippen LogP contribution in [-0.2, 0) is 4.74 Å². The highest BCUT2D eigenvalue weighted by Crippen LogP contribution is 2.23. The number of rotatable bonds is 1. The van der Waals surface area contributed by atoms with Gasteiger partial charge in [-0.2, -0.15) is 0 Å². The third kappa shape index (κ3) is 3.31. The Labute approximate surface area is 99.0 Å². The summed E-state index contributed by atoms with van der Waals surface area (Å²) in [7, 11) is 0. The number of morpholine rings is 1. The van der Waals surface area contributed by atoms with Crippen LogP contribution in [0.1, 0.15) is 20.8 Å². The van der Waals surface area contributed by atoms with Gasteiger partial charge >= 0.3 is 0 Å². The first-order valence-electron chi connectivity index (χ1n) is 5.63. The van der Waals surface area contributed by atoms with E-state index in [1.807, 2.05) is 0 Å². The molecular weight excluding hydrogens is 212 g/mol. The summed E-state index contributed by atoms with van der Waals surface area (Å²) >= 11 is 0. The van der Waals surface area contributed by atoms with E-state index < -0.39 is 0 Å². The third-order valence-electron chi connectivity index (χ3n) is 2.99. The van der Waals surface area contributed by atoms with Crippen molar-refractivity contribution in [3.05, 3.63) is 0 Å². The third-order valence-corrected chi connectivity index (χ3v) is 2.99. The first-order chi connectivity index (χ1) is 6.56. The fourth-order valence-electron chi connectivity index (χ4n) is 2.47. The molecule has 15 heavy (non-hydrogen) atoms. The average molecular weight is 235 g/mol. The maximum absolute atomic E-state index is 5.74. The fraction of sp³-hybridized carbons (Fsp3) is 1.00. The summed E-state index contributed by atoms with van der Waals surface area (Å²) in [6.45, 7) is 12.2. The van der Waals surface area contributed by atoms with Crippen LogP contribution in [0.4, 0.5) is 0 Å². The summed E-state index contributed by atoms with van der Waals surface area (Å²) in [6, 6.07) is 0.614. The van der Waals surface area contributed by atoms with Crippen LogP contribution in [0.3, 0.4) is 0 Å². The molecule has 0 spiro atoms. The van der Waals surface area contributed by atoms with E-state index in [1.54, 1.807) is 0 Å². The maximum Gasteiger partial charge on any atom is 0.0867 e. The molecule has 2 heterocycles. The molecule has 90 valence electrons. The molecule has 0 saturated carbocycles. The van der Waals surface area contributed by atoms with Crippen molar-refractivity contribution >= 4 is 12.4 Å². The van der Waals surface area contributed by atoms with Crippen LogP contribution in [-0.4, -0.2) is 49.8 Å². The van der Waals surface area contributed by atoms with E-state index in [0.717, 1.165) is 26.2 Å². The predicted molar refractivity (Wildman–Crippen MR) is 64.7 cm³/mol. The van der Waals surface area contributed by atoms with Gasteiger partial charge in [0.15, 0.2) is 0 Å². The lowest BCUT2D eigenvalue weighted by Gasteiger charge is -2.40. The molecule has 2 saturated heterocycles. The Morgan fingerprint density at radius 1 is 1.33 bits per heavy atom. The molecule has 2 fully saturated rings. The summed E-state index contributed by atoms with van der Waals surface area (Å²) in [5.41, 5.74) is 0.393. The first kappa shape index (κ1) is 13.2. The number of hydrogen-bond donors (Lipinski definition) is 1. The Hall–Kier alpha value is 0.170. The van der Waals surface area contributed by atoms with E-state index in [0.29, 0.717) is 17.6 Å². The van der Waals surface area contributed by atoms with E-state index in [1.165, 1.54) is 6.54 Å². The summed E-state index contributed by atoms with van der Waals surface area (Å²) < 4.78 is 5.74. The Balaban J connectivity index is 0.00000112. The van der Waals surface area contributed by atoms with Crippen LogP contribution in [0, 0.1) is 5.41 Å². The molecule has 0 aromatic carbocycles. The van der Waals surface area contributed by atoms with Crippen molar-refractivity contribution in [3.8, 4) is 0 Å². The smallest absolute Gasteiger partial charge is 0.0867 e. The zero-order valence-corrected chi connectivity index (χ0v) is 10.8. The fourth-order valence-corrected chi connectivity index (χ4v) is 2.47. The van der Waals surface area contributed by atoms with E-state index in [4.69, 9.17) is 4.74 Å². The van der Waals surface area contributed by atoms with Gasteiger partial charge in [0.25, 0.3) is 0 Å². The van der Waals surface area contributed by atoms with Gasteiger partial charge in [0.1, 0.15) is 0 Å². The summed E-state index contributed by atoms with van der Waals surface area (Å²) in [6.07, 6.45) is 0.436. The van der Waals surface area contributed by atoms with Gasteiger partial charge in [0.2, 0.25) is 0 Å². The molecule has 0 unspecified atom stereocenters.